The topological polar surface area (TPSA) is 120 Å². The molecule has 4 N–H and O–H groups in total. The average molecular weight is 500 g/mol. The van der Waals surface area contributed by atoms with Gasteiger partial charge in [0.25, 0.3) is 11.8 Å². The minimum Gasteiger partial charge on any atom is -0.497 e. The summed E-state index contributed by atoms with van der Waals surface area (Å²) in [6.07, 6.45) is 2.23. The van der Waals surface area contributed by atoms with Crippen LogP contribution in [0.1, 0.15) is 33.5 Å². The second kappa shape index (κ2) is 12.3. The van der Waals surface area contributed by atoms with Gasteiger partial charge in [-0.05, 0) is 48.4 Å². The summed E-state index contributed by atoms with van der Waals surface area (Å²) in [5.74, 6) is 0.299. The highest BCUT2D eigenvalue weighted by Gasteiger charge is 2.18. The molecular formula is C25H30ClN5O4. The highest BCUT2D eigenvalue weighted by atomic mass is 35.5. The number of carbonyl (C=O) groups is 2. The van der Waals surface area contributed by atoms with Crippen LogP contribution in [0.15, 0.2) is 42.6 Å². The summed E-state index contributed by atoms with van der Waals surface area (Å²) in [5.41, 5.74) is 8.75. The average Bonchev–Trinajstić information content (AvgIpc) is 3.24. The van der Waals surface area contributed by atoms with Crippen LogP contribution in [0.2, 0.25) is 5.02 Å². The van der Waals surface area contributed by atoms with Crippen LogP contribution >= 0.6 is 11.6 Å². The first-order chi connectivity index (χ1) is 16.9. The second-order valence-corrected chi connectivity index (χ2v) is 8.12. The van der Waals surface area contributed by atoms with Crippen molar-refractivity contribution in [3.63, 3.8) is 0 Å². The molecule has 3 rings (SSSR count). The number of nitrogens with zero attached hydrogens (tertiary/aromatic N) is 2. The molecule has 1 aromatic heterocycles. The maximum absolute atomic E-state index is 13.0. The third-order valence-electron chi connectivity index (χ3n) is 5.43. The van der Waals surface area contributed by atoms with E-state index in [2.05, 4.69) is 15.6 Å². The summed E-state index contributed by atoms with van der Waals surface area (Å²) in [6.45, 7) is 3.63. The molecule has 3 aromatic rings. The van der Waals surface area contributed by atoms with Gasteiger partial charge in [-0.2, -0.15) is 0 Å². The highest BCUT2D eigenvalue weighted by molar-refractivity contribution is 6.33. The zero-order valence-electron chi connectivity index (χ0n) is 20.1. The number of benzene rings is 2. The van der Waals surface area contributed by atoms with Crippen LogP contribution in [0.3, 0.4) is 0 Å². The Labute approximate surface area is 209 Å². The first kappa shape index (κ1) is 26.2. The summed E-state index contributed by atoms with van der Waals surface area (Å²) in [6, 6.07) is 10.5. The molecule has 1 heterocycles. The van der Waals surface area contributed by atoms with E-state index < -0.39 is 0 Å². The molecule has 0 fully saturated rings. The highest BCUT2D eigenvalue weighted by Crippen LogP contribution is 2.31. The maximum Gasteiger partial charge on any atom is 0.291 e. The Hall–Kier alpha value is -3.40. The van der Waals surface area contributed by atoms with Crippen LogP contribution in [0.5, 0.6) is 5.75 Å². The number of hydrogen-bond donors (Lipinski definition) is 3. The standard InChI is InChI=1S/C25H30ClN5O4/c1-4-16-13-17(5-7-19(16)24(32)28-10-12-35-11-9-27)30-25(33)23-29-15-22(31(23)2)20-8-6-18(34-3)14-21(20)26/h5-8,13-15H,4,9-12,27H2,1-3H3,(H,28,32)(H,30,33). The molecule has 35 heavy (non-hydrogen) atoms. The van der Waals surface area contributed by atoms with Crippen LogP contribution in [0.25, 0.3) is 11.3 Å². The number of carbonyl (C=O) groups excluding carboxylic acids is 2. The molecule has 0 aliphatic carbocycles. The molecule has 10 heteroatoms. The van der Waals surface area contributed by atoms with E-state index in [1.165, 1.54) is 0 Å². The fourth-order valence-electron chi connectivity index (χ4n) is 3.59. The van der Waals surface area contributed by atoms with Gasteiger partial charge in [0.2, 0.25) is 0 Å². The molecule has 0 bridgehead atoms. The number of amides is 2. The van der Waals surface area contributed by atoms with E-state index in [1.807, 2.05) is 13.0 Å². The molecule has 0 aliphatic heterocycles. The Morgan fingerprint density at radius 3 is 2.63 bits per heavy atom. The zero-order chi connectivity index (χ0) is 25.4. The van der Waals surface area contributed by atoms with Gasteiger partial charge >= 0.3 is 0 Å². The summed E-state index contributed by atoms with van der Waals surface area (Å²) in [7, 11) is 3.32. The molecule has 0 aliphatic rings. The van der Waals surface area contributed by atoms with Crippen molar-refractivity contribution in [2.75, 3.05) is 38.7 Å². The van der Waals surface area contributed by atoms with Crippen LogP contribution < -0.4 is 21.1 Å². The third-order valence-corrected chi connectivity index (χ3v) is 5.74. The van der Waals surface area contributed by atoms with Crippen LogP contribution in [0.4, 0.5) is 5.69 Å². The molecular weight excluding hydrogens is 470 g/mol. The van der Waals surface area contributed by atoms with Crippen LogP contribution in [0, 0.1) is 0 Å². The molecule has 2 aromatic carbocycles. The van der Waals surface area contributed by atoms with Crippen molar-refractivity contribution in [3.05, 3.63) is 64.6 Å². The fraction of sp³-hybridized carbons (Fsp3) is 0.320. The van der Waals surface area contributed by atoms with Gasteiger partial charge in [-0.3, -0.25) is 9.59 Å². The van der Waals surface area contributed by atoms with Crippen molar-refractivity contribution in [2.45, 2.75) is 13.3 Å². The number of anilines is 1. The molecule has 0 spiro atoms. The summed E-state index contributed by atoms with van der Waals surface area (Å²) in [4.78, 5) is 29.8. The lowest BCUT2D eigenvalue weighted by molar-refractivity contribution is 0.0918. The monoisotopic (exact) mass is 499 g/mol. The SMILES string of the molecule is CCc1cc(NC(=O)c2ncc(-c3ccc(OC)cc3Cl)n2C)ccc1C(=O)NCCOCCN. The number of aryl methyl sites for hydroxylation is 1. The van der Waals surface area contributed by atoms with E-state index in [0.29, 0.717) is 60.4 Å². The number of rotatable bonds is 11. The number of hydrogen-bond acceptors (Lipinski definition) is 6. The quantitative estimate of drug-likeness (QED) is 0.348. The van der Waals surface area contributed by atoms with E-state index in [9.17, 15) is 9.59 Å². The fourth-order valence-corrected chi connectivity index (χ4v) is 3.86. The molecule has 0 saturated heterocycles. The Balaban J connectivity index is 1.72. The lowest BCUT2D eigenvalue weighted by atomic mass is 10.0. The first-order valence-corrected chi connectivity index (χ1v) is 11.6. The molecule has 0 atom stereocenters. The number of imidazole rings is 1. The Bertz CT molecular complexity index is 1190. The van der Waals surface area contributed by atoms with Crippen LogP contribution in [-0.2, 0) is 18.2 Å². The van der Waals surface area contributed by atoms with E-state index in [0.717, 1.165) is 11.1 Å². The molecule has 0 saturated carbocycles. The van der Waals surface area contributed by atoms with Gasteiger partial charge in [0.15, 0.2) is 5.82 Å². The smallest absolute Gasteiger partial charge is 0.291 e. The summed E-state index contributed by atoms with van der Waals surface area (Å²) in [5, 5.41) is 6.19. The molecule has 9 nitrogen and oxygen atoms in total. The summed E-state index contributed by atoms with van der Waals surface area (Å²) >= 11 is 6.39. The van der Waals surface area contributed by atoms with Crippen molar-refractivity contribution in [1.82, 2.24) is 14.9 Å². The van der Waals surface area contributed by atoms with E-state index in [4.69, 9.17) is 26.8 Å². The predicted molar refractivity (Wildman–Crippen MR) is 136 cm³/mol. The maximum atomic E-state index is 13.0. The largest absolute Gasteiger partial charge is 0.497 e. The zero-order valence-corrected chi connectivity index (χ0v) is 20.8. The van der Waals surface area contributed by atoms with Gasteiger partial charge in [0, 0.05) is 37.0 Å². The Morgan fingerprint density at radius 1 is 1.14 bits per heavy atom. The Morgan fingerprint density at radius 2 is 1.94 bits per heavy atom. The van der Waals surface area contributed by atoms with Crippen molar-refractivity contribution in [2.24, 2.45) is 12.8 Å². The second-order valence-electron chi connectivity index (χ2n) is 7.71. The van der Waals surface area contributed by atoms with Gasteiger partial charge in [0.05, 0.1) is 37.2 Å². The van der Waals surface area contributed by atoms with Crippen molar-refractivity contribution >= 4 is 29.1 Å². The third kappa shape index (κ3) is 6.39. The van der Waals surface area contributed by atoms with Gasteiger partial charge in [0.1, 0.15) is 5.75 Å². The molecule has 0 radical (unpaired) electrons. The van der Waals surface area contributed by atoms with Gasteiger partial charge in [-0.15, -0.1) is 0 Å². The molecule has 186 valence electrons. The Kier molecular flexibility index (Phi) is 9.25. The first-order valence-electron chi connectivity index (χ1n) is 11.3. The van der Waals surface area contributed by atoms with E-state index in [1.54, 1.807) is 55.3 Å². The molecule has 2 amide bonds. The van der Waals surface area contributed by atoms with Gasteiger partial charge in [-0.25, -0.2) is 4.98 Å². The number of nitrogens with two attached hydrogens (primary N) is 1. The lowest BCUT2D eigenvalue weighted by Crippen LogP contribution is -2.28. The van der Waals surface area contributed by atoms with Gasteiger partial charge in [-0.1, -0.05) is 18.5 Å². The number of halogens is 1. The van der Waals surface area contributed by atoms with Crippen molar-refractivity contribution in [3.8, 4) is 17.0 Å². The molecule has 0 unspecified atom stereocenters. The number of methoxy groups -OCH3 is 1. The van der Waals surface area contributed by atoms with Gasteiger partial charge < -0.3 is 30.4 Å². The number of aromatic nitrogens is 2. The minimum absolute atomic E-state index is 0.193. The van der Waals surface area contributed by atoms with Crippen molar-refractivity contribution < 1.29 is 19.1 Å². The number of nitrogens with one attached hydrogen (secondary N) is 2. The lowest BCUT2D eigenvalue weighted by Gasteiger charge is -2.12. The number of ether oxygens (including phenoxy) is 2. The normalized spacial score (nSPS) is 10.8. The van der Waals surface area contributed by atoms with E-state index >= 15 is 0 Å². The van der Waals surface area contributed by atoms with E-state index in [-0.39, 0.29) is 17.6 Å². The van der Waals surface area contributed by atoms with Crippen LogP contribution in [-0.4, -0.2) is 54.8 Å². The minimum atomic E-state index is -0.375. The van der Waals surface area contributed by atoms with Crippen molar-refractivity contribution in [1.29, 1.82) is 0 Å². The predicted octanol–water partition coefficient (Wildman–Crippen LogP) is 3.27. The summed E-state index contributed by atoms with van der Waals surface area (Å²) < 4.78 is 12.2.